The maximum atomic E-state index is 12.1. The number of aromatic nitrogens is 2. The van der Waals surface area contributed by atoms with Crippen LogP contribution >= 0.6 is 11.8 Å². The second-order valence-corrected chi connectivity index (χ2v) is 7.72. The van der Waals surface area contributed by atoms with E-state index < -0.39 is 5.91 Å². The number of fused-ring (bicyclic) bond motifs is 1. The molecule has 2 heterocycles. The van der Waals surface area contributed by atoms with E-state index in [1.807, 2.05) is 12.2 Å². The van der Waals surface area contributed by atoms with Gasteiger partial charge in [0.25, 0.3) is 5.91 Å². The van der Waals surface area contributed by atoms with E-state index in [0.29, 0.717) is 30.1 Å². The zero-order valence-electron chi connectivity index (χ0n) is 17.1. The molecule has 1 aromatic rings. The number of thioether (sulfide) groups is 1. The van der Waals surface area contributed by atoms with Crippen LogP contribution < -0.4 is 16.0 Å². The number of carbonyl (C=O) groups excluding carboxylic acids is 2. The highest BCUT2D eigenvalue weighted by molar-refractivity contribution is 8.03. The fourth-order valence-electron chi connectivity index (χ4n) is 2.90. The lowest BCUT2D eigenvalue weighted by Crippen LogP contribution is -2.28. The number of likely N-dealkylation sites (N-methyl/N-ethyl adjacent to an activating group) is 1. The minimum absolute atomic E-state index is 0.114. The number of nitrogens with one attached hydrogen (secondary N) is 3. The lowest BCUT2D eigenvalue weighted by Gasteiger charge is -2.11. The molecule has 31 heavy (non-hydrogen) atoms. The van der Waals surface area contributed by atoms with E-state index in [1.165, 1.54) is 18.8 Å². The van der Waals surface area contributed by atoms with Gasteiger partial charge in [0.15, 0.2) is 5.84 Å². The summed E-state index contributed by atoms with van der Waals surface area (Å²) < 4.78 is 1.74. The molecule has 9 nitrogen and oxygen atoms in total. The van der Waals surface area contributed by atoms with Crippen LogP contribution in [0.15, 0.2) is 52.3 Å². The zero-order valence-corrected chi connectivity index (χ0v) is 17.9. The number of hydrogen-bond acceptors (Lipinski definition) is 7. The molecule has 0 aromatic carbocycles. The Kier molecular flexibility index (Phi) is 7.45. The topological polar surface area (TPSA) is 124 Å². The summed E-state index contributed by atoms with van der Waals surface area (Å²) in [6.45, 7) is 4.17. The Hall–Kier alpha value is -3.58. The van der Waals surface area contributed by atoms with Crippen molar-refractivity contribution >= 4 is 36.0 Å². The monoisotopic (exact) mass is 437 g/mol. The summed E-state index contributed by atoms with van der Waals surface area (Å²) >= 11 is 1.41. The fourth-order valence-corrected chi connectivity index (χ4v) is 3.60. The van der Waals surface area contributed by atoms with Crippen LogP contribution in [0.5, 0.6) is 0 Å². The van der Waals surface area contributed by atoms with Crippen molar-refractivity contribution in [3.8, 4) is 6.07 Å². The Labute approximate surface area is 184 Å². The van der Waals surface area contributed by atoms with Crippen LogP contribution in [0.2, 0.25) is 0 Å². The van der Waals surface area contributed by atoms with Gasteiger partial charge in [-0.3, -0.25) is 14.6 Å². The van der Waals surface area contributed by atoms with Crippen LogP contribution in [-0.2, 0) is 16.1 Å². The van der Waals surface area contributed by atoms with Gasteiger partial charge in [0.2, 0.25) is 6.41 Å². The van der Waals surface area contributed by atoms with Gasteiger partial charge in [-0.2, -0.15) is 10.4 Å². The number of rotatable bonds is 9. The molecule has 2 amide bonds. The van der Waals surface area contributed by atoms with Crippen LogP contribution in [0.4, 0.5) is 0 Å². The summed E-state index contributed by atoms with van der Waals surface area (Å²) in [7, 11) is 1.49. The number of nitriles is 1. The zero-order chi connectivity index (χ0) is 22.2. The summed E-state index contributed by atoms with van der Waals surface area (Å²) in [5.41, 5.74) is 2.40. The smallest absolute Gasteiger partial charge is 0.267 e. The molecule has 1 saturated carbocycles. The molecule has 0 unspecified atom stereocenters. The van der Waals surface area contributed by atoms with E-state index in [0.717, 1.165) is 29.1 Å². The molecule has 0 atom stereocenters. The molecule has 160 valence electrons. The van der Waals surface area contributed by atoms with Crippen molar-refractivity contribution in [1.82, 2.24) is 25.7 Å². The first-order valence-corrected chi connectivity index (χ1v) is 10.7. The second kappa shape index (κ2) is 10.4. The van der Waals surface area contributed by atoms with Crippen molar-refractivity contribution in [1.29, 1.82) is 5.26 Å². The van der Waals surface area contributed by atoms with Crippen LogP contribution in [0.1, 0.15) is 24.1 Å². The molecule has 3 rings (SSSR count). The third-order valence-electron chi connectivity index (χ3n) is 4.51. The van der Waals surface area contributed by atoms with E-state index in [9.17, 15) is 9.59 Å². The average Bonchev–Trinajstić information content (AvgIpc) is 3.54. The number of nitrogens with zero attached hydrogens (tertiary/aromatic N) is 4. The third-order valence-corrected chi connectivity index (χ3v) is 5.45. The number of amides is 2. The van der Waals surface area contributed by atoms with Crippen LogP contribution in [0, 0.1) is 11.3 Å². The van der Waals surface area contributed by atoms with Crippen molar-refractivity contribution in [3.63, 3.8) is 0 Å². The Morgan fingerprint density at radius 2 is 2.35 bits per heavy atom. The molecule has 0 radical (unpaired) electrons. The number of carbonyl (C=O) groups is 2. The van der Waals surface area contributed by atoms with Gasteiger partial charge in [-0.05, 0) is 25.0 Å². The van der Waals surface area contributed by atoms with E-state index in [4.69, 9.17) is 10.3 Å². The van der Waals surface area contributed by atoms with Gasteiger partial charge in [-0.1, -0.05) is 12.7 Å². The Bertz CT molecular complexity index is 1040. The van der Waals surface area contributed by atoms with Crippen molar-refractivity contribution in [3.05, 3.63) is 58.6 Å². The maximum Gasteiger partial charge on any atom is 0.267 e. The van der Waals surface area contributed by atoms with Crippen LogP contribution in [0.25, 0.3) is 6.08 Å². The predicted molar refractivity (Wildman–Crippen MR) is 121 cm³/mol. The maximum absolute atomic E-state index is 12.1. The molecule has 1 aliphatic heterocycles. The van der Waals surface area contributed by atoms with Gasteiger partial charge in [0.1, 0.15) is 5.70 Å². The van der Waals surface area contributed by atoms with Gasteiger partial charge in [0.05, 0.1) is 42.0 Å². The highest BCUT2D eigenvalue weighted by Crippen LogP contribution is 2.28. The molecule has 0 spiro atoms. The standard InChI is InChI=1S/C21H23N7O2S/c1-3-4-19(31-8-7-22)16-10-20(27-15-5-6-15)28-18(12-24-16)14(11-26-28)9-17(25-13-29)21(30)23-2/h3-4,9-11,13,15,24H,1,5-6,8,12H2,2H3,(H,23,30)(H,25,29)/b17-9-,19-4-,27-20?. The van der Waals surface area contributed by atoms with Gasteiger partial charge in [-0.25, -0.2) is 4.68 Å². The lowest BCUT2D eigenvalue weighted by atomic mass is 10.2. The predicted octanol–water partition coefficient (Wildman–Crippen LogP) is 1.44. The molecule has 0 bridgehead atoms. The van der Waals surface area contributed by atoms with Crippen molar-refractivity contribution < 1.29 is 9.59 Å². The fraction of sp³-hybridized carbons (Fsp3) is 0.286. The molecular formula is C21H23N7O2S. The molecule has 1 aromatic heterocycles. The Morgan fingerprint density at radius 3 is 3.00 bits per heavy atom. The molecule has 1 aliphatic carbocycles. The van der Waals surface area contributed by atoms with Crippen molar-refractivity contribution in [2.45, 2.75) is 25.4 Å². The van der Waals surface area contributed by atoms with Gasteiger partial charge in [0, 0.05) is 23.6 Å². The largest absolute Gasteiger partial charge is 0.378 e. The molecule has 0 saturated heterocycles. The summed E-state index contributed by atoms with van der Waals surface area (Å²) in [5, 5.41) is 21.8. The van der Waals surface area contributed by atoms with E-state index in [1.54, 1.807) is 23.0 Å². The van der Waals surface area contributed by atoms with E-state index in [2.05, 4.69) is 33.7 Å². The van der Waals surface area contributed by atoms with Gasteiger partial charge < -0.3 is 16.0 Å². The summed E-state index contributed by atoms with van der Waals surface area (Å²) in [6, 6.07) is 2.40. The van der Waals surface area contributed by atoms with Crippen molar-refractivity contribution in [2.75, 3.05) is 12.8 Å². The highest BCUT2D eigenvalue weighted by Gasteiger charge is 2.25. The Morgan fingerprint density at radius 1 is 1.55 bits per heavy atom. The molecule has 2 aliphatic rings. The first-order valence-electron chi connectivity index (χ1n) is 9.68. The normalized spacial score (nSPS) is 17.5. The van der Waals surface area contributed by atoms with Crippen LogP contribution in [-0.4, -0.2) is 46.8 Å². The van der Waals surface area contributed by atoms with Gasteiger partial charge >= 0.3 is 0 Å². The summed E-state index contributed by atoms with van der Waals surface area (Å²) in [4.78, 5) is 28.7. The van der Waals surface area contributed by atoms with Crippen molar-refractivity contribution in [2.24, 2.45) is 4.99 Å². The quantitative estimate of drug-likeness (QED) is 0.305. The molecule has 1 fully saturated rings. The third kappa shape index (κ3) is 5.52. The second-order valence-electron chi connectivity index (χ2n) is 6.70. The lowest BCUT2D eigenvalue weighted by molar-refractivity contribution is -0.118. The average molecular weight is 438 g/mol. The van der Waals surface area contributed by atoms with Crippen LogP contribution in [0.3, 0.4) is 0 Å². The summed E-state index contributed by atoms with van der Waals surface area (Å²) in [5.74, 6) is 0.567. The first-order chi connectivity index (χ1) is 15.1. The Balaban J connectivity index is 2.02. The molecule has 3 N–H and O–H groups in total. The molecule has 10 heteroatoms. The minimum atomic E-state index is -0.413. The SMILES string of the molecule is C=C/C=C(\SCC#N)C1=CC(=NC2CC2)n2ncc(/C=C(\NC=O)C(=O)NC)c2CN1. The number of hydrogen-bond donors (Lipinski definition) is 3. The number of aliphatic imine (C=N–C) groups is 1. The van der Waals surface area contributed by atoms with E-state index in [-0.39, 0.29) is 11.7 Å². The molecular weight excluding hydrogens is 414 g/mol. The minimum Gasteiger partial charge on any atom is -0.378 e. The number of allylic oxidation sites excluding steroid dienone is 3. The summed E-state index contributed by atoms with van der Waals surface area (Å²) in [6.07, 6.45) is 11.2. The first kappa shape index (κ1) is 22.1. The highest BCUT2D eigenvalue weighted by atomic mass is 32.2. The van der Waals surface area contributed by atoms with E-state index >= 15 is 0 Å². The van der Waals surface area contributed by atoms with Gasteiger partial charge in [-0.15, -0.1) is 11.8 Å².